The third-order valence-electron chi connectivity index (χ3n) is 5.26. The van der Waals surface area contributed by atoms with Crippen LogP contribution >= 0.6 is 11.6 Å². The number of amidine groups is 1. The molecule has 1 aromatic carbocycles. The summed E-state index contributed by atoms with van der Waals surface area (Å²) < 4.78 is 6.86. The van der Waals surface area contributed by atoms with Crippen LogP contribution in [0.4, 0.5) is 5.69 Å². The number of hydrogen-bond donors (Lipinski definition) is 1. The monoisotopic (exact) mass is 648 g/mol. The van der Waals surface area contributed by atoms with Gasteiger partial charge in [-0.2, -0.15) is 0 Å². The number of carbonyl (C=O) groups excluding carboxylic acids is 1. The van der Waals surface area contributed by atoms with Gasteiger partial charge in [-0.3, -0.25) is 9.20 Å². The molecule has 0 spiro atoms. The molecule has 0 radical (unpaired) electrons. The Labute approximate surface area is 212 Å². The number of anilines is 1. The van der Waals surface area contributed by atoms with E-state index in [1.807, 2.05) is 42.3 Å². The minimum atomic E-state index is -0.175. The molecule has 1 N–H and O–H groups in total. The predicted octanol–water partition coefficient (Wildman–Crippen LogP) is 4.02. The zero-order valence-corrected chi connectivity index (χ0v) is 21.6. The van der Waals surface area contributed by atoms with E-state index < -0.39 is 0 Å². The molecule has 0 bridgehead atoms. The van der Waals surface area contributed by atoms with Crippen molar-refractivity contribution in [1.82, 2.24) is 14.7 Å². The van der Waals surface area contributed by atoms with Crippen LogP contribution in [0.5, 0.6) is 0 Å². The number of imidazole rings is 1. The summed E-state index contributed by atoms with van der Waals surface area (Å²) >= 11 is 6.13. The minimum absolute atomic E-state index is 0. The number of nitrogens with zero attached hydrogens (tertiary/aromatic N) is 5. The van der Waals surface area contributed by atoms with E-state index in [2.05, 4.69) is 20.7 Å². The van der Waals surface area contributed by atoms with Crippen molar-refractivity contribution in [3.05, 3.63) is 69.9 Å². The van der Waals surface area contributed by atoms with E-state index in [1.165, 1.54) is 0 Å². The smallest absolute Gasteiger partial charge is 0.270 e. The van der Waals surface area contributed by atoms with Crippen molar-refractivity contribution in [1.29, 1.82) is 0 Å². The standard InChI is InChI=1S/C23H27ClN6O2.Pt/c1-3-19-22(29-15-17(24)6-9-21(29)27-19)23(31)26-14-16-4-7-18(8-5-16)30-12-11-25-20(28-30)10-13-32-2;/h4-9,15H,3,10-14H2,1-2H3,(H2,25,26,28,31);/p-1. The van der Waals surface area contributed by atoms with Crippen LogP contribution in [0.15, 0.2) is 47.7 Å². The van der Waals surface area contributed by atoms with Gasteiger partial charge in [0.2, 0.25) is 0 Å². The molecule has 2 aromatic heterocycles. The molecule has 0 saturated heterocycles. The van der Waals surface area contributed by atoms with Crippen LogP contribution in [0, 0.1) is 0 Å². The van der Waals surface area contributed by atoms with Crippen LogP contribution in [0.1, 0.15) is 35.1 Å². The molecule has 178 valence electrons. The van der Waals surface area contributed by atoms with Gasteiger partial charge in [0, 0.05) is 59.8 Å². The van der Waals surface area contributed by atoms with Crippen molar-refractivity contribution in [2.24, 2.45) is 5.10 Å². The Balaban J connectivity index is 0.00000306. The number of methoxy groups -OCH3 is 1. The Morgan fingerprint density at radius 3 is 2.76 bits per heavy atom. The number of amides is 1. The van der Waals surface area contributed by atoms with Crippen LogP contribution in [-0.2, 0) is 38.8 Å². The number of carbonyl (C=O) groups is 1. The molecule has 1 aliphatic rings. The van der Waals surface area contributed by atoms with Crippen molar-refractivity contribution in [2.45, 2.75) is 26.3 Å². The summed E-state index contributed by atoms with van der Waals surface area (Å²) in [6.45, 7) is 4.45. The van der Waals surface area contributed by atoms with Gasteiger partial charge in [-0.15, -0.1) is 0 Å². The second kappa shape index (κ2) is 11.6. The molecular weight excluding hydrogens is 623 g/mol. The molecule has 1 aliphatic heterocycles. The number of pyridine rings is 1. The molecule has 10 heteroatoms. The third-order valence-corrected chi connectivity index (χ3v) is 5.49. The topological polar surface area (TPSA) is 85.3 Å². The largest absolute Gasteiger partial charge is 0.466 e. The number of hydrogen-bond acceptors (Lipinski definition) is 5. The number of rotatable bonds is 8. The zero-order chi connectivity index (χ0) is 22.5. The first-order valence-electron chi connectivity index (χ1n) is 10.6. The molecular formula is C23H26ClN6O2Pt-. The van der Waals surface area contributed by atoms with Crippen LogP contribution < -0.4 is 10.3 Å². The van der Waals surface area contributed by atoms with E-state index in [1.54, 1.807) is 23.8 Å². The number of aryl methyl sites for hydroxylation is 1. The maximum Gasteiger partial charge on any atom is 0.270 e. The number of ether oxygens (including phenoxy) is 1. The van der Waals surface area contributed by atoms with Gasteiger partial charge in [-0.25, -0.2) is 4.98 Å². The zero-order valence-electron chi connectivity index (χ0n) is 18.5. The van der Waals surface area contributed by atoms with Crippen LogP contribution in [0.2, 0.25) is 5.02 Å². The predicted molar refractivity (Wildman–Crippen MR) is 127 cm³/mol. The molecule has 1 amide bonds. The Bertz CT molecular complexity index is 1130. The van der Waals surface area contributed by atoms with Gasteiger partial charge >= 0.3 is 0 Å². The van der Waals surface area contributed by atoms with Gasteiger partial charge in [0.05, 0.1) is 10.7 Å². The number of nitrogens with one attached hydrogen (secondary N) is 1. The fourth-order valence-electron chi connectivity index (χ4n) is 3.61. The summed E-state index contributed by atoms with van der Waals surface area (Å²) in [6, 6.07) is 11.6. The first kappa shape index (κ1) is 25.2. The van der Waals surface area contributed by atoms with Crippen LogP contribution in [0.3, 0.4) is 0 Å². The Kier molecular flexibility index (Phi) is 8.89. The number of fused-ring (bicyclic) bond motifs is 1. The van der Waals surface area contributed by atoms with Crippen LogP contribution in [-0.4, -0.2) is 47.9 Å². The van der Waals surface area contributed by atoms with Gasteiger partial charge in [-0.05, 0) is 49.2 Å². The average molecular weight is 649 g/mol. The average Bonchev–Trinajstić information content (AvgIpc) is 3.19. The summed E-state index contributed by atoms with van der Waals surface area (Å²) in [4.78, 5) is 17.5. The van der Waals surface area contributed by atoms with Gasteiger partial charge in [-0.1, -0.05) is 36.5 Å². The first-order chi connectivity index (χ1) is 15.6. The molecule has 0 saturated carbocycles. The summed E-state index contributed by atoms with van der Waals surface area (Å²) in [5.41, 5.74) is 3.97. The SMILES string of the molecule is CCc1nc2ccc(Cl)cn2c1C(=O)NCc1ccc(N2CC[N-]C(CCOC)=N2)cc1.[Pt]. The van der Waals surface area contributed by atoms with Crippen molar-refractivity contribution in [3.63, 3.8) is 0 Å². The Hall–Kier alpha value is -2.41. The molecule has 8 nitrogen and oxygen atoms in total. The summed E-state index contributed by atoms with van der Waals surface area (Å²) in [5.74, 6) is 0.625. The summed E-state index contributed by atoms with van der Waals surface area (Å²) in [6.07, 6.45) is 3.08. The number of aromatic nitrogens is 2. The quantitative estimate of drug-likeness (QED) is 0.400. The molecule has 0 fully saturated rings. The second-order valence-corrected chi connectivity index (χ2v) is 7.89. The van der Waals surface area contributed by atoms with Crippen molar-refractivity contribution in [3.8, 4) is 0 Å². The van der Waals surface area contributed by atoms with Crippen molar-refractivity contribution < 1.29 is 30.6 Å². The first-order valence-corrected chi connectivity index (χ1v) is 11.0. The van der Waals surface area contributed by atoms with E-state index in [9.17, 15) is 4.79 Å². The Morgan fingerprint density at radius 1 is 1.24 bits per heavy atom. The number of hydrazone groups is 1. The molecule has 0 aliphatic carbocycles. The molecule has 0 atom stereocenters. The maximum atomic E-state index is 13.0. The van der Waals surface area contributed by atoms with Crippen molar-refractivity contribution >= 4 is 34.7 Å². The van der Waals surface area contributed by atoms with Crippen LogP contribution in [0.25, 0.3) is 11.0 Å². The third kappa shape index (κ3) is 5.94. The van der Waals surface area contributed by atoms with Gasteiger partial charge in [0.25, 0.3) is 5.91 Å². The van der Waals surface area contributed by atoms with Gasteiger partial charge in [0.15, 0.2) is 0 Å². The summed E-state index contributed by atoms with van der Waals surface area (Å²) in [7, 11) is 1.67. The molecule has 0 unspecified atom stereocenters. The van der Waals surface area contributed by atoms with Gasteiger partial charge < -0.3 is 25.5 Å². The number of halogens is 1. The Morgan fingerprint density at radius 2 is 2.03 bits per heavy atom. The maximum absolute atomic E-state index is 13.0. The van der Waals surface area contributed by atoms with E-state index >= 15 is 0 Å². The molecule has 3 heterocycles. The van der Waals surface area contributed by atoms with E-state index in [-0.39, 0.29) is 27.0 Å². The fraction of sp³-hybridized carbons (Fsp3) is 0.348. The molecule has 3 aromatic rings. The normalized spacial score (nSPS) is 13.3. The number of benzene rings is 1. The summed E-state index contributed by atoms with van der Waals surface area (Å²) in [5, 5.41) is 14.6. The van der Waals surface area contributed by atoms with E-state index in [4.69, 9.17) is 16.3 Å². The molecule has 4 rings (SSSR count). The van der Waals surface area contributed by atoms with Crippen molar-refractivity contribution in [2.75, 3.05) is 31.8 Å². The molecule has 33 heavy (non-hydrogen) atoms. The second-order valence-electron chi connectivity index (χ2n) is 7.45. The van der Waals surface area contributed by atoms with Gasteiger partial charge in [0.1, 0.15) is 11.3 Å². The van der Waals surface area contributed by atoms with E-state index in [0.29, 0.717) is 48.9 Å². The fourth-order valence-corrected chi connectivity index (χ4v) is 3.77. The van der Waals surface area contributed by atoms with E-state index in [0.717, 1.165) is 29.3 Å². The minimum Gasteiger partial charge on any atom is -0.466 e.